The van der Waals surface area contributed by atoms with Crippen molar-refractivity contribution in [3.05, 3.63) is 24.0 Å². The van der Waals surface area contributed by atoms with Crippen molar-refractivity contribution in [3.63, 3.8) is 0 Å². The van der Waals surface area contributed by atoms with Gasteiger partial charge in [0.1, 0.15) is 17.1 Å². The second-order valence-corrected chi connectivity index (χ2v) is 6.88. The maximum absolute atomic E-state index is 13.2. The number of carboxylic acid groups (broad SMARTS) is 1. The number of aromatic nitrogens is 2. The van der Waals surface area contributed by atoms with Gasteiger partial charge in [-0.15, -0.1) is 0 Å². The molecule has 3 N–H and O–H groups in total. The summed E-state index contributed by atoms with van der Waals surface area (Å²) in [5, 5.41) is 13.3. The molecule has 2 aromatic rings. The van der Waals surface area contributed by atoms with Crippen LogP contribution < -0.4 is 5.32 Å². The number of carboxylic acids is 1. The number of anilines is 1. The lowest BCUT2D eigenvalue weighted by atomic mass is 10.0. The smallest absolute Gasteiger partial charge is 0.339 e. The van der Waals surface area contributed by atoms with E-state index in [1.54, 1.807) is 12.3 Å². The highest BCUT2D eigenvalue weighted by Crippen LogP contribution is 2.49. The zero-order valence-corrected chi connectivity index (χ0v) is 13.8. The quantitative estimate of drug-likeness (QED) is 0.773. The molecule has 0 unspecified atom stereocenters. The van der Waals surface area contributed by atoms with E-state index in [2.05, 4.69) is 15.3 Å². The first-order chi connectivity index (χ1) is 12.4. The number of hydrogen-bond acceptors (Lipinski definition) is 4. The Bertz CT molecular complexity index is 882. The van der Waals surface area contributed by atoms with E-state index in [4.69, 9.17) is 0 Å². The number of fused-ring (bicyclic) bond motifs is 1. The van der Waals surface area contributed by atoms with E-state index in [9.17, 15) is 23.5 Å². The van der Waals surface area contributed by atoms with Crippen LogP contribution in [0.3, 0.4) is 0 Å². The van der Waals surface area contributed by atoms with Crippen LogP contribution in [0.15, 0.2) is 18.5 Å². The Morgan fingerprint density at radius 2 is 2.19 bits per heavy atom. The number of rotatable bonds is 4. The average Bonchev–Trinajstić information content (AvgIpc) is 3.02. The molecule has 7 nitrogen and oxygen atoms in total. The maximum Gasteiger partial charge on any atom is 0.339 e. The fourth-order valence-corrected chi connectivity index (χ4v) is 3.53. The van der Waals surface area contributed by atoms with Crippen molar-refractivity contribution in [2.75, 3.05) is 18.4 Å². The molecule has 1 saturated carbocycles. The molecule has 9 heteroatoms. The van der Waals surface area contributed by atoms with Gasteiger partial charge in [-0.2, -0.15) is 0 Å². The molecule has 1 amide bonds. The monoisotopic (exact) mass is 364 g/mol. The minimum atomic E-state index is -2.88. The summed E-state index contributed by atoms with van der Waals surface area (Å²) in [6.45, 7) is 0.726. The summed E-state index contributed by atoms with van der Waals surface area (Å²) in [6, 6.07) is 1.52. The van der Waals surface area contributed by atoms with Crippen molar-refractivity contribution in [3.8, 4) is 0 Å². The summed E-state index contributed by atoms with van der Waals surface area (Å²) in [6.07, 6.45) is 3.96. The summed E-state index contributed by atoms with van der Waals surface area (Å²) >= 11 is 0. The Hall–Kier alpha value is -2.71. The molecule has 0 aromatic carbocycles. The molecule has 1 aliphatic carbocycles. The number of nitrogens with one attached hydrogen (secondary N) is 2. The Kier molecular flexibility index (Phi) is 3.82. The zero-order chi connectivity index (χ0) is 18.5. The SMILES string of the molecule is O=C(O)c1cnc2[nH]ccc2c1N[C@@H]1CCCN(C(=O)[C@H]2CC2(F)F)C1. The van der Waals surface area contributed by atoms with E-state index in [0.29, 0.717) is 29.7 Å². The zero-order valence-electron chi connectivity index (χ0n) is 13.8. The molecule has 0 bridgehead atoms. The molecule has 2 aromatic heterocycles. The van der Waals surface area contributed by atoms with Crippen LogP contribution in [0.1, 0.15) is 29.6 Å². The van der Waals surface area contributed by atoms with Gasteiger partial charge in [0.2, 0.25) is 5.91 Å². The highest BCUT2D eigenvalue weighted by molar-refractivity contribution is 6.03. The second-order valence-electron chi connectivity index (χ2n) is 6.88. The molecule has 1 aliphatic heterocycles. The Labute approximate surface area is 147 Å². The van der Waals surface area contributed by atoms with Gasteiger partial charge in [0.25, 0.3) is 5.92 Å². The van der Waals surface area contributed by atoms with Crippen LogP contribution in [-0.2, 0) is 4.79 Å². The van der Waals surface area contributed by atoms with Crippen molar-refractivity contribution >= 4 is 28.6 Å². The lowest BCUT2D eigenvalue weighted by Gasteiger charge is -2.34. The van der Waals surface area contributed by atoms with Crippen molar-refractivity contribution < 1.29 is 23.5 Å². The third-order valence-electron chi connectivity index (χ3n) is 5.02. The Morgan fingerprint density at radius 1 is 1.42 bits per heavy atom. The maximum atomic E-state index is 13.2. The number of pyridine rings is 1. The largest absolute Gasteiger partial charge is 0.478 e. The summed E-state index contributed by atoms with van der Waals surface area (Å²) < 4.78 is 26.4. The summed E-state index contributed by atoms with van der Waals surface area (Å²) in [5.41, 5.74) is 1.02. The van der Waals surface area contributed by atoms with Gasteiger partial charge in [-0.1, -0.05) is 0 Å². The van der Waals surface area contributed by atoms with Crippen molar-refractivity contribution in [2.45, 2.75) is 31.2 Å². The summed E-state index contributed by atoms with van der Waals surface area (Å²) in [5.74, 6) is -5.70. The molecule has 0 spiro atoms. The topological polar surface area (TPSA) is 98.3 Å². The van der Waals surface area contributed by atoms with E-state index >= 15 is 0 Å². The molecule has 2 fully saturated rings. The third kappa shape index (κ3) is 2.87. The highest BCUT2D eigenvalue weighted by Gasteiger charge is 2.62. The van der Waals surface area contributed by atoms with E-state index in [1.165, 1.54) is 11.1 Å². The van der Waals surface area contributed by atoms with Gasteiger partial charge in [0, 0.05) is 43.3 Å². The number of carbonyl (C=O) groups excluding carboxylic acids is 1. The van der Waals surface area contributed by atoms with Crippen LogP contribution in [0.25, 0.3) is 11.0 Å². The van der Waals surface area contributed by atoms with Gasteiger partial charge >= 0.3 is 5.97 Å². The number of piperidine rings is 1. The van der Waals surface area contributed by atoms with Crippen molar-refractivity contribution in [2.24, 2.45) is 5.92 Å². The fraction of sp³-hybridized carbons (Fsp3) is 0.471. The standard InChI is InChI=1S/C17H18F2N4O3/c18-17(19)6-12(17)15(24)23-5-1-2-9(8-23)22-13-10-3-4-20-14(10)21-7-11(13)16(25)26/h3-4,7,9,12H,1-2,5-6,8H2,(H,25,26)(H2,20,21,22)/t9-,12-/m1/s1. The molecule has 138 valence electrons. The number of aromatic amines is 1. The molecule has 3 heterocycles. The number of carbonyl (C=O) groups is 2. The Balaban J connectivity index is 1.55. The van der Waals surface area contributed by atoms with Gasteiger partial charge < -0.3 is 20.3 Å². The van der Waals surface area contributed by atoms with E-state index < -0.39 is 23.7 Å². The number of alkyl halides is 2. The molecule has 2 atom stereocenters. The predicted octanol–water partition coefficient (Wildman–Crippen LogP) is 2.32. The molecule has 0 radical (unpaired) electrons. The molecular weight excluding hydrogens is 346 g/mol. The first kappa shape index (κ1) is 16.7. The van der Waals surface area contributed by atoms with Gasteiger partial charge in [-0.05, 0) is 18.9 Å². The van der Waals surface area contributed by atoms with E-state index in [0.717, 1.165) is 6.42 Å². The summed E-state index contributed by atoms with van der Waals surface area (Å²) in [7, 11) is 0. The number of H-pyrrole nitrogens is 1. The number of halogens is 2. The minimum absolute atomic E-state index is 0.0364. The van der Waals surface area contributed by atoms with Gasteiger partial charge in [-0.3, -0.25) is 4.79 Å². The van der Waals surface area contributed by atoms with Crippen LogP contribution in [0.2, 0.25) is 0 Å². The van der Waals surface area contributed by atoms with Crippen LogP contribution >= 0.6 is 0 Å². The number of nitrogens with zero attached hydrogens (tertiary/aromatic N) is 2. The molecule has 4 rings (SSSR count). The number of likely N-dealkylation sites (tertiary alicyclic amines) is 1. The number of amides is 1. The average molecular weight is 364 g/mol. The number of hydrogen-bond donors (Lipinski definition) is 3. The van der Waals surface area contributed by atoms with Crippen LogP contribution in [0.5, 0.6) is 0 Å². The highest BCUT2D eigenvalue weighted by atomic mass is 19.3. The second kappa shape index (κ2) is 5.93. The van der Waals surface area contributed by atoms with Gasteiger partial charge in [-0.25, -0.2) is 18.6 Å². The van der Waals surface area contributed by atoms with E-state index in [1.807, 2.05) is 0 Å². The fourth-order valence-electron chi connectivity index (χ4n) is 3.53. The van der Waals surface area contributed by atoms with E-state index in [-0.39, 0.29) is 24.6 Å². The molecule has 2 aliphatic rings. The Morgan fingerprint density at radius 3 is 2.88 bits per heavy atom. The normalized spacial score (nSPS) is 24.5. The summed E-state index contributed by atoms with van der Waals surface area (Å²) in [4.78, 5) is 32.2. The van der Waals surface area contributed by atoms with Crippen LogP contribution in [0.4, 0.5) is 14.5 Å². The van der Waals surface area contributed by atoms with Crippen LogP contribution in [0, 0.1) is 5.92 Å². The molecular formula is C17H18F2N4O3. The van der Waals surface area contributed by atoms with Crippen molar-refractivity contribution in [1.82, 2.24) is 14.9 Å². The lowest BCUT2D eigenvalue weighted by Crippen LogP contribution is -2.46. The minimum Gasteiger partial charge on any atom is -0.478 e. The van der Waals surface area contributed by atoms with Gasteiger partial charge in [0.15, 0.2) is 0 Å². The molecule has 26 heavy (non-hydrogen) atoms. The van der Waals surface area contributed by atoms with Crippen LogP contribution in [-0.4, -0.2) is 56.9 Å². The van der Waals surface area contributed by atoms with Crippen molar-refractivity contribution in [1.29, 1.82) is 0 Å². The first-order valence-corrected chi connectivity index (χ1v) is 8.49. The first-order valence-electron chi connectivity index (χ1n) is 8.49. The number of aromatic carboxylic acids is 1. The lowest BCUT2D eigenvalue weighted by molar-refractivity contribution is -0.135. The van der Waals surface area contributed by atoms with Gasteiger partial charge in [0.05, 0.1) is 5.69 Å². The predicted molar refractivity (Wildman–Crippen MR) is 89.3 cm³/mol. The molecule has 1 saturated heterocycles. The third-order valence-corrected chi connectivity index (χ3v) is 5.02.